The SMILES string of the molecule is Cc1cc(C)cc(NC(=O)C2CCCN(c3ccccn3)C2)c1. The second-order valence-corrected chi connectivity index (χ2v) is 6.34. The van der Waals surface area contributed by atoms with E-state index in [2.05, 4.69) is 21.3 Å². The summed E-state index contributed by atoms with van der Waals surface area (Å²) in [6.07, 6.45) is 3.75. The van der Waals surface area contributed by atoms with E-state index in [1.54, 1.807) is 6.20 Å². The fourth-order valence-corrected chi connectivity index (χ4v) is 3.23. The molecule has 4 heteroatoms. The summed E-state index contributed by atoms with van der Waals surface area (Å²) in [6, 6.07) is 12.1. The van der Waals surface area contributed by atoms with Crippen LogP contribution in [0.25, 0.3) is 0 Å². The monoisotopic (exact) mass is 309 g/mol. The molecular weight excluding hydrogens is 286 g/mol. The van der Waals surface area contributed by atoms with Crippen molar-refractivity contribution in [2.75, 3.05) is 23.3 Å². The standard InChI is InChI=1S/C19H23N3O/c1-14-10-15(2)12-17(11-14)21-19(23)16-6-5-9-22(13-16)18-7-3-4-8-20-18/h3-4,7-8,10-12,16H,5-6,9,13H2,1-2H3,(H,21,23). The number of rotatable bonds is 3. The molecule has 2 heterocycles. The summed E-state index contributed by atoms with van der Waals surface area (Å²) in [5, 5.41) is 3.08. The molecular formula is C19H23N3O. The van der Waals surface area contributed by atoms with Gasteiger partial charge < -0.3 is 10.2 Å². The zero-order valence-corrected chi connectivity index (χ0v) is 13.7. The molecule has 0 radical (unpaired) electrons. The van der Waals surface area contributed by atoms with Crippen LogP contribution in [0.2, 0.25) is 0 Å². The van der Waals surface area contributed by atoms with Gasteiger partial charge in [-0.3, -0.25) is 4.79 Å². The summed E-state index contributed by atoms with van der Waals surface area (Å²) in [6.45, 7) is 5.79. The van der Waals surface area contributed by atoms with Crippen molar-refractivity contribution in [3.05, 3.63) is 53.7 Å². The van der Waals surface area contributed by atoms with Gasteiger partial charge in [0.1, 0.15) is 5.82 Å². The fourth-order valence-electron chi connectivity index (χ4n) is 3.23. The summed E-state index contributed by atoms with van der Waals surface area (Å²) in [5.41, 5.74) is 3.22. The Balaban J connectivity index is 1.67. The summed E-state index contributed by atoms with van der Waals surface area (Å²) in [4.78, 5) is 19.2. The lowest BCUT2D eigenvalue weighted by atomic mass is 9.97. The molecule has 0 bridgehead atoms. The fraction of sp³-hybridized carbons (Fsp3) is 0.368. The molecule has 0 saturated carbocycles. The van der Waals surface area contributed by atoms with Crippen LogP contribution in [0.1, 0.15) is 24.0 Å². The van der Waals surface area contributed by atoms with Crippen LogP contribution in [0, 0.1) is 19.8 Å². The first-order valence-corrected chi connectivity index (χ1v) is 8.17. The van der Waals surface area contributed by atoms with Crippen LogP contribution in [-0.4, -0.2) is 24.0 Å². The molecule has 1 aliphatic heterocycles. The first kappa shape index (κ1) is 15.5. The predicted molar refractivity (Wildman–Crippen MR) is 93.7 cm³/mol. The van der Waals surface area contributed by atoms with Crippen LogP contribution in [0.15, 0.2) is 42.6 Å². The van der Waals surface area contributed by atoms with E-state index in [0.717, 1.165) is 37.4 Å². The molecule has 1 saturated heterocycles. The lowest BCUT2D eigenvalue weighted by Gasteiger charge is -2.32. The van der Waals surface area contributed by atoms with E-state index in [-0.39, 0.29) is 11.8 Å². The maximum absolute atomic E-state index is 12.6. The maximum Gasteiger partial charge on any atom is 0.229 e. The Morgan fingerprint density at radius 2 is 2.00 bits per heavy atom. The Morgan fingerprint density at radius 1 is 1.22 bits per heavy atom. The van der Waals surface area contributed by atoms with E-state index in [0.29, 0.717) is 0 Å². The molecule has 23 heavy (non-hydrogen) atoms. The van der Waals surface area contributed by atoms with Crippen molar-refractivity contribution in [3.8, 4) is 0 Å². The Morgan fingerprint density at radius 3 is 2.70 bits per heavy atom. The summed E-state index contributed by atoms with van der Waals surface area (Å²) < 4.78 is 0. The third-order valence-corrected chi connectivity index (χ3v) is 4.25. The Bertz CT molecular complexity index is 664. The van der Waals surface area contributed by atoms with Crippen molar-refractivity contribution in [3.63, 3.8) is 0 Å². The first-order valence-electron chi connectivity index (χ1n) is 8.17. The number of hydrogen-bond acceptors (Lipinski definition) is 3. The number of benzene rings is 1. The number of anilines is 2. The second kappa shape index (κ2) is 6.82. The number of nitrogens with one attached hydrogen (secondary N) is 1. The minimum atomic E-state index is 0.00609. The molecule has 1 atom stereocenters. The van der Waals surface area contributed by atoms with E-state index in [1.807, 2.05) is 44.2 Å². The van der Waals surface area contributed by atoms with Crippen LogP contribution in [0.5, 0.6) is 0 Å². The molecule has 3 rings (SSSR count). The van der Waals surface area contributed by atoms with Gasteiger partial charge in [0.15, 0.2) is 0 Å². The average Bonchev–Trinajstić information content (AvgIpc) is 2.55. The van der Waals surface area contributed by atoms with E-state index < -0.39 is 0 Å². The van der Waals surface area contributed by atoms with Gasteiger partial charge in [-0.25, -0.2) is 4.98 Å². The van der Waals surface area contributed by atoms with Crippen molar-refractivity contribution in [1.82, 2.24) is 4.98 Å². The summed E-state index contributed by atoms with van der Waals surface area (Å²) >= 11 is 0. The molecule has 2 aromatic rings. The minimum absolute atomic E-state index is 0.00609. The smallest absolute Gasteiger partial charge is 0.229 e. The number of amides is 1. The number of nitrogens with zero attached hydrogens (tertiary/aromatic N) is 2. The highest BCUT2D eigenvalue weighted by atomic mass is 16.1. The summed E-state index contributed by atoms with van der Waals surface area (Å²) in [5.74, 6) is 1.07. The van der Waals surface area contributed by atoms with Gasteiger partial charge >= 0.3 is 0 Å². The zero-order valence-electron chi connectivity index (χ0n) is 13.7. The van der Waals surface area contributed by atoms with Gasteiger partial charge in [0.2, 0.25) is 5.91 Å². The highest BCUT2D eigenvalue weighted by Gasteiger charge is 2.26. The molecule has 1 N–H and O–H groups in total. The molecule has 1 aromatic carbocycles. The molecule has 4 nitrogen and oxygen atoms in total. The van der Waals surface area contributed by atoms with E-state index in [9.17, 15) is 4.79 Å². The number of carbonyl (C=O) groups is 1. The number of hydrogen-bond donors (Lipinski definition) is 1. The van der Waals surface area contributed by atoms with Crippen molar-refractivity contribution in [2.24, 2.45) is 5.92 Å². The van der Waals surface area contributed by atoms with Crippen LogP contribution in [-0.2, 0) is 4.79 Å². The van der Waals surface area contributed by atoms with Gasteiger partial charge in [0, 0.05) is 25.0 Å². The molecule has 1 fully saturated rings. The maximum atomic E-state index is 12.6. The predicted octanol–water partition coefficient (Wildman–Crippen LogP) is 3.55. The molecule has 1 unspecified atom stereocenters. The van der Waals surface area contributed by atoms with Gasteiger partial charge in [0.25, 0.3) is 0 Å². The molecule has 1 amide bonds. The zero-order chi connectivity index (χ0) is 16.2. The highest BCUT2D eigenvalue weighted by molar-refractivity contribution is 5.93. The molecule has 120 valence electrons. The van der Waals surface area contributed by atoms with E-state index in [1.165, 1.54) is 11.1 Å². The number of pyridine rings is 1. The van der Waals surface area contributed by atoms with E-state index in [4.69, 9.17) is 0 Å². The number of aromatic nitrogens is 1. The Labute approximate surface area is 137 Å². The topological polar surface area (TPSA) is 45.2 Å². The summed E-state index contributed by atoms with van der Waals surface area (Å²) in [7, 11) is 0. The molecule has 0 spiro atoms. The van der Waals surface area contributed by atoms with Gasteiger partial charge in [-0.15, -0.1) is 0 Å². The third kappa shape index (κ3) is 3.89. The van der Waals surface area contributed by atoms with Crippen molar-refractivity contribution in [2.45, 2.75) is 26.7 Å². The lowest BCUT2D eigenvalue weighted by molar-refractivity contribution is -0.120. The van der Waals surface area contributed by atoms with Crippen molar-refractivity contribution in [1.29, 1.82) is 0 Å². The first-order chi connectivity index (χ1) is 11.1. The number of piperidine rings is 1. The van der Waals surface area contributed by atoms with E-state index >= 15 is 0 Å². The number of carbonyl (C=O) groups excluding carboxylic acids is 1. The van der Waals surface area contributed by atoms with Crippen LogP contribution >= 0.6 is 0 Å². The van der Waals surface area contributed by atoms with Crippen molar-refractivity contribution < 1.29 is 4.79 Å². The molecule has 0 aliphatic carbocycles. The third-order valence-electron chi connectivity index (χ3n) is 4.25. The average molecular weight is 309 g/mol. The van der Waals surface area contributed by atoms with Gasteiger partial charge in [-0.1, -0.05) is 12.1 Å². The van der Waals surface area contributed by atoms with Crippen LogP contribution in [0.4, 0.5) is 11.5 Å². The normalized spacial score (nSPS) is 17.8. The highest BCUT2D eigenvalue weighted by Crippen LogP contribution is 2.23. The van der Waals surface area contributed by atoms with Crippen LogP contribution in [0.3, 0.4) is 0 Å². The number of aryl methyl sites for hydroxylation is 2. The largest absolute Gasteiger partial charge is 0.356 e. The van der Waals surface area contributed by atoms with Crippen LogP contribution < -0.4 is 10.2 Å². The van der Waals surface area contributed by atoms with Gasteiger partial charge in [-0.05, 0) is 62.1 Å². The quantitative estimate of drug-likeness (QED) is 0.943. The minimum Gasteiger partial charge on any atom is -0.356 e. The second-order valence-electron chi connectivity index (χ2n) is 6.34. The van der Waals surface area contributed by atoms with Crippen molar-refractivity contribution >= 4 is 17.4 Å². The Kier molecular flexibility index (Phi) is 4.60. The molecule has 1 aromatic heterocycles. The lowest BCUT2D eigenvalue weighted by Crippen LogP contribution is -2.41. The van der Waals surface area contributed by atoms with Gasteiger partial charge in [0.05, 0.1) is 5.92 Å². The van der Waals surface area contributed by atoms with Gasteiger partial charge in [-0.2, -0.15) is 0 Å². The Hall–Kier alpha value is -2.36. The molecule has 1 aliphatic rings.